The molecule has 92 valence electrons. The lowest BCUT2D eigenvalue weighted by Crippen LogP contribution is -2.50. The van der Waals surface area contributed by atoms with Gasteiger partial charge in [-0.05, 0) is 29.7 Å². The maximum absolute atomic E-state index is 5.79. The molecule has 2 aromatic carbocycles. The molecule has 1 aliphatic rings. The van der Waals surface area contributed by atoms with Crippen LogP contribution in [0, 0.1) is 0 Å². The summed E-state index contributed by atoms with van der Waals surface area (Å²) >= 11 is 0. The fourth-order valence-electron chi connectivity index (χ4n) is 2.06. The molecule has 18 heavy (non-hydrogen) atoms. The largest absolute Gasteiger partial charge is 0.488 e. The van der Waals surface area contributed by atoms with Crippen molar-refractivity contribution in [2.45, 2.75) is 12.5 Å². The fourth-order valence-corrected chi connectivity index (χ4v) is 2.06. The average Bonchev–Trinajstić information content (AvgIpc) is 2.37. The standard InChI is InChI=1S/C16H17NO/c1-2-4-13(5-3-1)10-14-6-8-15(9-7-14)18-16-11-17-12-16/h1-9,16-17H,10-12H2. The molecule has 2 nitrogen and oxygen atoms in total. The van der Waals surface area contributed by atoms with Gasteiger partial charge in [0.15, 0.2) is 0 Å². The molecule has 1 N–H and O–H groups in total. The van der Waals surface area contributed by atoms with Gasteiger partial charge in [0.05, 0.1) is 0 Å². The topological polar surface area (TPSA) is 21.3 Å². The second-order valence-corrected chi connectivity index (χ2v) is 4.70. The predicted molar refractivity (Wildman–Crippen MR) is 73.0 cm³/mol. The minimum absolute atomic E-state index is 0.352. The van der Waals surface area contributed by atoms with Crippen LogP contribution < -0.4 is 10.1 Å². The number of ether oxygens (including phenoxy) is 1. The maximum atomic E-state index is 5.79. The first kappa shape index (κ1) is 11.3. The lowest BCUT2D eigenvalue weighted by Gasteiger charge is -2.27. The van der Waals surface area contributed by atoms with E-state index in [2.05, 4.69) is 53.8 Å². The minimum atomic E-state index is 0.352. The quantitative estimate of drug-likeness (QED) is 0.885. The van der Waals surface area contributed by atoms with E-state index in [4.69, 9.17) is 4.74 Å². The molecule has 0 aromatic heterocycles. The highest BCUT2D eigenvalue weighted by Gasteiger charge is 2.17. The third-order valence-corrected chi connectivity index (χ3v) is 3.22. The summed E-state index contributed by atoms with van der Waals surface area (Å²) < 4.78 is 5.79. The highest BCUT2D eigenvalue weighted by atomic mass is 16.5. The van der Waals surface area contributed by atoms with Crippen LogP contribution in [0.5, 0.6) is 5.75 Å². The zero-order valence-corrected chi connectivity index (χ0v) is 10.3. The Hall–Kier alpha value is -1.80. The summed E-state index contributed by atoms with van der Waals surface area (Å²) in [5, 5.41) is 3.20. The van der Waals surface area contributed by atoms with Crippen molar-refractivity contribution in [3.63, 3.8) is 0 Å². The van der Waals surface area contributed by atoms with Gasteiger partial charge in [-0.25, -0.2) is 0 Å². The van der Waals surface area contributed by atoms with E-state index in [1.807, 2.05) is 6.07 Å². The molecule has 0 radical (unpaired) electrons. The zero-order valence-electron chi connectivity index (χ0n) is 10.3. The predicted octanol–water partition coefficient (Wildman–Crippen LogP) is 2.63. The van der Waals surface area contributed by atoms with Gasteiger partial charge in [0.1, 0.15) is 11.9 Å². The van der Waals surface area contributed by atoms with Crippen molar-refractivity contribution in [3.8, 4) is 5.75 Å². The van der Waals surface area contributed by atoms with E-state index >= 15 is 0 Å². The lowest BCUT2D eigenvalue weighted by atomic mass is 10.1. The Kier molecular flexibility index (Phi) is 3.29. The third-order valence-electron chi connectivity index (χ3n) is 3.22. The van der Waals surface area contributed by atoms with Gasteiger partial charge in [-0.1, -0.05) is 42.5 Å². The monoisotopic (exact) mass is 239 g/mol. The average molecular weight is 239 g/mol. The van der Waals surface area contributed by atoms with E-state index in [1.165, 1.54) is 11.1 Å². The summed E-state index contributed by atoms with van der Waals surface area (Å²) in [5.41, 5.74) is 2.66. The maximum Gasteiger partial charge on any atom is 0.123 e. The Morgan fingerprint density at radius 2 is 1.56 bits per heavy atom. The van der Waals surface area contributed by atoms with Crippen LogP contribution in [0.25, 0.3) is 0 Å². The Morgan fingerprint density at radius 3 is 2.17 bits per heavy atom. The van der Waals surface area contributed by atoms with Gasteiger partial charge in [0.2, 0.25) is 0 Å². The Morgan fingerprint density at radius 1 is 0.889 bits per heavy atom. The lowest BCUT2D eigenvalue weighted by molar-refractivity contribution is 0.142. The van der Waals surface area contributed by atoms with E-state index in [-0.39, 0.29) is 0 Å². The summed E-state index contributed by atoms with van der Waals surface area (Å²) in [6.07, 6.45) is 1.33. The van der Waals surface area contributed by atoms with Crippen molar-refractivity contribution in [3.05, 3.63) is 65.7 Å². The van der Waals surface area contributed by atoms with Gasteiger partial charge in [-0.2, -0.15) is 0 Å². The van der Waals surface area contributed by atoms with Crippen LogP contribution in [0.2, 0.25) is 0 Å². The molecular weight excluding hydrogens is 222 g/mol. The highest BCUT2D eigenvalue weighted by Crippen LogP contribution is 2.17. The van der Waals surface area contributed by atoms with Crippen LogP contribution in [0.1, 0.15) is 11.1 Å². The number of hydrogen-bond acceptors (Lipinski definition) is 2. The number of rotatable bonds is 4. The summed E-state index contributed by atoms with van der Waals surface area (Å²) in [7, 11) is 0. The fraction of sp³-hybridized carbons (Fsp3) is 0.250. The van der Waals surface area contributed by atoms with Crippen molar-refractivity contribution in [2.24, 2.45) is 0 Å². The van der Waals surface area contributed by atoms with Crippen LogP contribution in [0.3, 0.4) is 0 Å². The third kappa shape index (κ3) is 2.71. The molecular formula is C16H17NO. The van der Waals surface area contributed by atoms with Crippen LogP contribution in [-0.2, 0) is 6.42 Å². The number of hydrogen-bond donors (Lipinski definition) is 1. The van der Waals surface area contributed by atoms with E-state index in [1.54, 1.807) is 0 Å². The second-order valence-electron chi connectivity index (χ2n) is 4.70. The minimum Gasteiger partial charge on any atom is -0.488 e. The number of nitrogens with one attached hydrogen (secondary N) is 1. The summed E-state index contributed by atoms with van der Waals surface area (Å²) in [5.74, 6) is 0.971. The van der Waals surface area contributed by atoms with Crippen LogP contribution in [-0.4, -0.2) is 19.2 Å². The molecule has 0 bridgehead atoms. The van der Waals surface area contributed by atoms with Gasteiger partial charge in [-0.3, -0.25) is 0 Å². The van der Waals surface area contributed by atoms with E-state index in [9.17, 15) is 0 Å². The molecule has 0 aliphatic carbocycles. The first-order chi connectivity index (χ1) is 8.90. The van der Waals surface area contributed by atoms with Crippen LogP contribution in [0.4, 0.5) is 0 Å². The Labute approximate surface area is 108 Å². The van der Waals surface area contributed by atoms with Crippen molar-refractivity contribution in [1.82, 2.24) is 5.32 Å². The van der Waals surface area contributed by atoms with Crippen molar-refractivity contribution >= 4 is 0 Å². The second kappa shape index (κ2) is 5.23. The summed E-state index contributed by atoms with van der Waals surface area (Å²) in [6, 6.07) is 18.9. The molecule has 0 amide bonds. The van der Waals surface area contributed by atoms with Crippen molar-refractivity contribution in [2.75, 3.05) is 13.1 Å². The first-order valence-corrected chi connectivity index (χ1v) is 6.40. The molecule has 1 heterocycles. The molecule has 0 saturated carbocycles. The smallest absolute Gasteiger partial charge is 0.123 e. The SMILES string of the molecule is c1ccc(Cc2ccc(OC3CNC3)cc2)cc1. The molecule has 1 aliphatic heterocycles. The van der Waals surface area contributed by atoms with Crippen LogP contribution in [0.15, 0.2) is 54.6 Å². The molecule has 2 aromatic rings. The van der Waals surface area contributed by atoms with Gasteiger partial charge in [-0.15, -0.1) is 0 Å². The number of benzene rings is 2. The zero-order chi connectivity index (χ0) is 12.2. The van der Waals surface area contributed by atoms with E-state index in [0.717, 1.165) is 25.3 Å². The molecule has 0 atom stereocenters. The first-order valence-electron chi connectivity index (χ1n) is 6.40. The molecule has 2 heteroatoms. The summed E-state index contributed by atoms with van der Waals surface area (Å²) in [4.78, 5) is 0. The summed E-state index contributed by atoms with van der Waals surface area (Å²) in [6.45, 7) is 1.93. The van der Waals surface area contributed by atoms with Gasteiger partial charge >= 0.3 is 0 Å². The van der Waals surface area contributed by atoms with Gasteiger partial charge in [0, 0.05) is 13.1 Å². The van der Waals surface area contributed by atoms with Gasteiger partial charge < -0.3 is 10.1 Å². The van der Waals surface area contributed by atoms with E-state index < -0.39 is 0 Å². The Balaban J connectivity index is 1.63. The molecule has 0 unspecified atom stereocenters. The highest BCUT2D eigenvalue weighted by molar-refractivity contribution is 5.31. The van der Waals surface area contributed by atoms with Crippen LogP contribution >= 0.6 is 0 Å². The normalized spacial score (nSPS) is 15.1. The van der Waals surface area contributed by atoms with Gasteiger partial charge in [0.25, 0.3) is 0 Å². The molecule has 0 spiro atoms. The molecule has 1 saturated heterocycles. The van der Waals surface area contributed by atoms with E-state index in [0.29, 0.717) is 6.10 Å². The molecule has 3 rings (SSSR count). The molecule has 1 fully saturated rings. The Bertz CT molecular complexity index is 488. The van der Waals surface area contributed by atoms with Crippen molar-refractivity contribution < 1.29 is 4.74 Å². The van der Waals surface area contributed by atoms with Crippen molar-refractivity contribution in [1.29, 1.82) is 0 Å².